The van der Waals surface area contributed by atoms with Gasteiger partial charge in [0, 0.05) is 24.2 Å². The predicted molar refractivity (Wildman–Crippen MR) is 89.4 cm³/mol. The van der Waals surface area contributed by atoms with Gasteiger partial charge in [-0.15, -0.1) is 0 Å². The molecule has 0 aliphatic heterocycles. The summed E-state index contributed by atoms with van der Waals surface area (Å²) in [5.41, 5.74) is 1.67. The number of hydrogen-bond acceptors (Lipinski definition) is 2. The Kier molecular flexibility index (Phi) is 7.01. The smallest absolute Gasteiger partial charge is 0.0406 e. The number of hydrogen-bond donors (Lipinski definition) is 1. The van der Waals surface area contributed by atoms with Crippen LogP contribution in [0.5, 0.6) is 0 Å². The lowest BCUT2D eigenvalue weighted by molar-refractivity contribution is 0.130. The molecule has 1 unspecified atom stereocenters. The summed E-state index contributed by atoms with van der Waals surface area (Å²) in [4.78, 5) is 2.45. The fraction of sp³-hybridized carbons (Fsp3) is 0.647. The maximum absolute atomic E-state index is 5.97. The summed E-state index contributed by atoms with van der Waals surface area (Å²) >= 11 is 5.97. The van der Waals surface area contributed by atoms with E-state index in [0.717, 1.165) is 18.1 Å². The standard InChI is InChI=1S/C17H29ClN2/c1-6-17(7-2,12-19-4)13-20(5)14(3)15-8-10-16(18)11-9-15/h8-11,14,19H,6-7,12-13H2,1-5H3. The van der Waals surface area contributed by atoms with Gasteiger partial charge in [-0.25, -0.2) is 0 Å². The molecule has 2 nitrogen and oxygen atoms in total. The molecule has 1 aromatic carbocycles. The first-order chi connectivity index (χ1) is 9.48. The molecule has 0 bridgehead atoms. The van der Waals surface area contributed by atoms with Gasteiger partial charge in [0.1, 0.15) is 0 Å². The average Bonchev–Trinajstić information content (AvgIpc) is 2.46. The Labute approximate surface area is 129 Å². The number of halogens is 1. The van der Waals surface area contributed by atoms with Crippen LogP contribution in [0.2, 0.25) is 5.02 Å². The third-order valence-corrected chi connectivity index (χ3v) is 4.90. The molecular formula is C17H29ClN2. The first-order valence-corrected chi connectivity index (χ1v) is 7.96. The Balaban J connectivity index is 2.77. The van der Waals surface area contributed by atoms with Crippen molar-refractivity contribution >= 4 is 11.6 Å². The summed E-state index contributed by atoms with van der Waals surface area (Å²) in [6, 6.07) is 8.60. The highest BCUT2D eigenvalue weighted by atomic mass is 35.5. The van der Waals surface area contributed by atoms with Gasteiger partial charge in [-0.2, -0.15) is 0 Å². The van der Waals surface area contributed by atoms with E-state index >= 15 is 0 Å². The molecule has 1 rings (SSSR count). The molecule has 3 heteroatoms. The molecule has 1 aromatic rings. The SMILES string of the molecule is CCC(CC)(CNC)CN(C)C(C)c1ccc(Cl)cc1. The number of nitrogens with one attached hydrogen (secondary N) is 1. The fourth-order valence-electron chi connectivity index (χ4n) is 2.82. The zero-order chi connectivity index (χ0) is 15.2. The van der Waals surface area contributed by atoms with Gasteiger partial charge in [-0.3, -0.25) is 4.90 Å². The second-order valence-corrected chi connectivity index (χ2v) is 6.32. The first-order valence-electron chi connectivity index (χ1n) is 7.58. The van der Waals surface area contributed by atoms with E-state index in [1.165, 1.54) is 18.4 Å². The van der Waals surface area contributed by atoms with Crippen molar-refractivity contribution in [2.75, 3.05) is 27.2 Å². The summed E-state index contributed by atoms with van der Waals surface area (Å²) in [5.74, 6) is 0. The van der Waals surface area contributed by atoms with E-state index in [1.54, 1.807) is 0 Å². The second kappa shape index (κ2) is 8.02. The number of rotatable bonds is 8. The molecule has 0 heterocycles. The van der Waals surface area contributed by atoms with Gasteiger partial charge < -0.3 is 5.32 Å². The van der Waals surface area contributed by atoms with Crippen molar-refractivity contribution in [3.8, 4) is 0 Å². The Morgan fingerprint density at radius 3 is 2.20 bits per heavy atom. The van der Waals surface area contributed by atoms with Crippen LogP contribution in [0.3, 0.4) is 0 Å². The molecule has 1 N–H and O–H groups in total. The van der Waals surface area contributed by atoms with Gasteiger partial charge in [-0.05, 0) is 57.0 Å². The van der Waals surface area contributed by atoms with Crippen molar-refractivity contribution < 1.29 is 0 Å². The van der Waals surface area contributed by atoms with Crippen LogP contribution in [0.15, 0.2) is 24.3 Å². The highest BCUT2D eigenvalue weighted by Gasteiger charge is 2.28. The van der Waals surface area contributed by atoms with Gasteiger partial charge in [-0.1, -0.05) is 37.6 Å². The average molecular weight is 297 g/mol. The van der Waals surface area contributed by atoms with Crippen molar-refractivity contribution in [3.05, 3.63) is 34.9 Å². The van der Waals surface area contributed by atoms with Gasteiger partial charge in [0.15, 0.2) is 0 Å². The minimum absolute atomic E-state index is 0.351. The van der Waals surface area contributed by atoms with Crippen LogP contribution in [0.1, 0.15) is 45.2 Å². The molecular weight excluding hydrogens is 268 g/mol. The van der Waals surface area contributed by atoms with Gasteiger partial charge in [0.25, 0.3) is 0 Å². The van der Waals surface area contributed by atoms with E-state index in [2.05, 4.69) is 50.2 Å². The lowest BCUT2D eigenvalue weighted by Crippen LogP contribution is -2.42. The second-order valence-electron chi connectivity index (χ2n) is 5.88. The normalized spacial score (nSPS) is 13.8. The quantitative estimate of drug-likeness (QED) is 0.767. The summed E-state index contributed by atoms with van der Waals surface area (Å²) < 4.78 is 0. The minimum Gasteiger partial charge on any atom is -0.319 e. The predicted octanol–water partition coefficient (Wildman–Crippen LogP) is 4.36. The largest absolute Gasteiger partial charge is 0.319 e. The van der Waals surface area contributed by atoms with Crippen molar-refractivity contribution in [1.82, 2.24) is 10.2 Å². The van der Waals surface area contributed by atoms with Crippen LogP contribution in [-0.2, 0) is 0 Å². The summed E-state index contributed by atoms with van der Waals surface area (Å²) in [6.45, 7) is 9.02. The fourth-order valence-corrected chi connectivity index (χ4v) is 2.94. The Hall–Kier alpha value is -0.570. The zero-order valence-corrected chi connectivity index (χ0v) is 14.3. The molecule has 0 saturated carbocycles. The van der Waals surface area contributed by atoms with Gasteiger partial charge >= 0.3 is 0 Å². The topological polar surface area (TPSA) is 15.3 Å². The maximum Gasteiger partial charge on any atom is 0.0406 e. The van der Waals surface area contributed by atoms with E-state index in [0.29, 0.717) is 11.5 Å². The molecule has 0 saturated heterocycles. The molecule has 0 amide bonds. The van der Waals surface area contributed by atoms with E-state index < -0.39 is 0 Å². The van der Waals surface area contributed by atoms with Crippen LogP contribution < -0.4 is 5.32 Å². The Morgan fingerprint density at radius 1 is 1.20 bits per heavy atom. The zero-order valence-electron chi connectivity index (χ0n) is 13.5. The number of benzene rings is 1. The summed E-state index contributed by atoms with van der Waals surface area (Å²) in [7, 11) is 4.26. The third-order valence-electron chi connectivity index (χ3n) is 4.65. The molecule has 114 valence electrons. The van der Waals surface area contributed by atoms with Crippen molar-refractivity contribution in [3.63, 3.8) is 0 Å². The molecule has 0 fully saturated rings. The highest BCUT2D eigenvalue weighted by Crippen LogP contribution is 2.30. The molecule has 20 heavy (non-hydrogen) atoms. The monoisotopic (exact) mass is 296 g/mol. The van der Waals surface area contributed by atoms with Crippen LogP contribution in [-0.4, -0.2) is 32.1 Å². The Bertz CT molecular complexity index is 384. The third kappa shape index (κ3) is 4.47. The van der Waals surface area contributed by atoms with Gasteiger partial charge in [0.05, 0.1) is 0 Å². The van der Waals surface area contributed by atoms with Crippen LogP contribution in [0, 0.1) is 5.41 Å². The van der Waals surface area contributed by atoms with Gasteiger partial charge in [0.2, 0.25) is 0 Å². The summed E-state index contributed by atoms with van der Waals surface area (Å²) in [5, 5.41) is 4.16. The summed E-state index contributed by atoms with van der Waals surface area (Å²) in [6.07, 6.45) is 2.39. The molecule has 0 radical (unpaired) electrons. The lowest BCUT2D eigenvalue weighted by Gasteiger charge is -2.38. The van der Waals surface area contributed by atoms with Crippen molar-refractivity contribution in [2.45, 2.75) is 39.7 Å². The maximum atomic E-state index is 5.97. The van der Waals surface area contributed by atoms with E-state index in [4.69, 9.17) is 11.6 Å². The number of nitrogens with zero attached hydrogens (tertiary/aromatic N) is 1. The van der Waals surface area contributed by atoms with Crippen molar-refractivity contribution in [2.24, 2.45) is 5.41 Å². The van der Waals surface area contributed by atoms with E-state index in [1.807, 2.05) is 19.2 Å². The van der Waals surface area contributed by atoms with Crippen LogP contribution in [0.25, 0.3) is 0 Å². The molecule has 1 atom stereocenters. The Morgan fingerprint density at radius 2 is 1.75 bits per heavy atom. The molecule has 0 aromatic heterocycles. The minimum atomic E-state index is 0.351. The molecule has 0 aliphatic carbocycles. The first kappa shape index (κ1) is 17.5. The van der Waals surface area contributed by atoms with E-state index in [-0.39, 0.29) is 0 Å². The van der Waals surface area contributed by atoms with E-state index in [9.17, 15) is 0 Å². The van der Waals surface area contributed by atoms with Crippen molar-refractivity contribution in [1.29, 1.82) is 0 Å². The van der Waals surface area contributed by atoms with Crippen LogP contribution >= 0.6 is 11.6 Å². The molecule has 0 spiro atoms. The molecule has 0 aliphatic rings. The van der Waals surface area contributed by atoms with Crippen LogP contribution in [0.4, 0.5) is 0 Å². The highest BCUT2D eigenvalue weighted by molar-refractivity contribution is 6.30. The lowest BCUT2D eigenvalue weighted by atomic mass is 9.81.